The Labute approximate surface area is 163 Å². The van der Waals surface area contributed by atoms with Gasteiger partial charge in [0.1, 0.15) is 0 Å². The summed E-state index contributed by atoms with van der Waals surface area (Å²) in [6.07, 6.45) is 0. The summed E-state index contributed by atoms with van der Waals surface area (Å²) in [6, 6.07) is 15.2. The van der Waals surface area contributed by atoms with Gasteiger partial charge in [0.15, 0.2) is 0 Å². The maximum atomic E-state index is 12.4. The predicted octanol–water partition coefficient (Wildman–Crippen LogP) is 1.87. The van der Waals surface area contributed by atoms with Gasteiger partial charge in [-0.3, -0.25) is 14.5 Å². The lowest BCUT2D eigenvalue weighted by Crippen LogP contribution is -2.41. The Morgan fingerprint density at radius 1 is 1.04 bits per heavy atom. The van der Waals surface area contributed by atoms with E-state index < -0.39 is 0 Å². The number of carbonyl (C=O) groups is 2. The molecular weight excluding hydrogens is 356 g/mol. The fourth-order valence-corrected chi connectivity index (χ4v) is 2.89. The van der Waals surface area contributed by atoms with E-state index in [9.17, 15) is 9.59 Å². The summed E-state index contributed by atoms with van der Waals surface area (Å²) >= 11 is 0. The number of ether oxygens (including phenoxy) is 1. The van der Waals surface area contributed by atoms with E-state index in [1.165, 1.54) is 0 Å². The number of amides is 2. The zero-order valence-electron chi connectivity index (χ0n) is 15.5. The van der Waals surface area contributed by atoms with Crippen molar-refractivity contribution in [2.75, 3.05) is 44.7 Å². The van der Waals surface area contributed by atoms with E-state index in [1.807, 2.05) is 6.07 Å². The minimum atomic E-state index is -0.312. The first-order valence-electron chi connectivity index (χ1n) is 9.15. The summed E-state index contributed by atoms with van der Waals surface area (Å²) in [5, 5.41) is 14.5. The molecule has 28 heavy (non-hydrogen) atoms. The van der Waals surface area contributed by atoms with Crippen molar-refractivity contribution in [2.24, 2.45) is 0 Å². The van der Waals surface area contributed by atoms with Gasteiger partial charge < -0.3 is 15.4 Å². The lowest BCUT2D eigenvalue weighted by atomic mass is 10.1. The molecule has 1 fully saturated rings. The normalized spacial score (nSPS) is 14.1. The molecule has 0 bridgehead atoms. The number of carbonyl (C=O) groups excluding carboxylic acids is 2. The molecule has 2 aromatic rings. The highest BCUT2D eigenvalue weighted by atomic mass is 16.5. The number of nitrogens with one attached hydrogen (secondary N) is 2. The summed E-state index contributed by atoms with van der Waals surface area (Å²) in [4.78, 5) is 27.1. The van der Waals surface area contributed by atoms with Gasteiger partial charge in [-0.15, -0.1) is 0 Å². The van der Waals surface area contributed by atoms with E-state index >= 15 is 0 Å². The molecule has 1 saturated heterocycles. The standard InChI is InChI=1S/C21H22N4O3/c22-15-16-4-6-19(7-5-16)24-21(27)18-3-1-2-17(14-18)20(26)23-8-9-25-10-12-28-13-11-25/h1-7,14H,8-13H2,(H,23,26)(H,24,27). The van der Waals surface area contributed by atoms with Crippen molar-refractivity contribution < 1.29 is 14.3 Å². The maximum Gasteiger partial charge on any atom is 0.255 e. The van der Waals surface area contributed by atoms with Crippen LogP contribution in [0.5, 0.6) is 0 Å². The molecule has 0 unspecified atom stereocenters. The van der Waals surface area contributed by atoms with Crippen LogP contribution in [-0.4, -0.2) is 56.1 Å². The number of anilines is 1. The van der Waals surface area contributed by atoms with Gasteiger partial charge in [0.2, 0.25) is 0 Å². The predicted molar refractivity (Wildman–Crippen MR) is 105 cm³/mol. The van der Waals surface area contributed by atoms with Crippen LogP contribution in [0.25, 0.3) is 0 Å². The molecule has 2 N–H and O–H groups in total. The average molecular weight is 378 g/mol. The third-order valence-corrected chi connectivity index (χ3v) is 4.48. The zero-order chi connectivity index (χ0) is 19.8. The van der Waals surface area contributed by atoms with E-state index in [0.29, 0.717) is 28.9 Å². The highest BCUT2D eigenvalue weighted by Crippen LogP contribution is 2.12. The quantitative estimate of drug-likeness (QED) is 0.800. The first-order valence-corrected chi connectivity index (χ1v) is 9.15. The van der Waals surface area contributed by atoms with Crippen molar-refractivity contribution in [3.63, 3.8) is 0 Å². The number of nitriles is 1. The van der Waals surface area contributed by atoms with Crippen LogP contribution in [0.1, 0.15) is 26.3 Å². The van der Waals surface area contributed by atoms with Gasteiger partial charge in [-0.2, -0.15) is 5.26 Å². The first kappa shape index (κ1) is 19.5. The summed E-state index contributed by atoms with van der Waals surface area (Å²) in [5.41, 5.74) is 1.94. The van der Waals surface area contributed by atoms with Crippen molar-refractivity contribution in [1.29, 1.82) is 5.26 Å². The number of hydrogen-bond donors (Lipinski definition) is 2. The second kappa shape index (κ2) is 9.65. The minimum absolute atomic E-state index is 0.207. The van der Waals surface area contributed by atoms with Crippen molar-refractivity contribution >= 4 is 17.5 Å². The highest BCUT2D eigenvalue weighted by molar-refractivity contribution is 6.06. The lowest BCUT2D eigenvalue weighted by Gasteiger charge is -2.26. The van der Waals surface area contributed by atoms with Crippen molar-refractivity contribution in [2.45, 2.75) is 0 Å². The van der Waals surface area contributed by atoms with E-state index in [4.69, 9.17) is 10.00 Å². The first-order chi connectivity index (χ1) is 13.7. The molecule has 1 aliphatic rings. The highest BCUT2D eigenvalue weighted by Gasteiger charge is 2.13. The van der Waals surface area contributed by atoms with Crippen LogP contribution in [0.4, 0.5) is 5.69 Å². The molecule has 0 saturated carbocycles. The van der Waals surface area contributed by atoms with Crippen molar-refractivity contribution in [3.05, 3.63) is 65.2 Å². The van der Waals surface area contributed by atoms with Gasteiger partial charge in [-0.05, 0) is 42.5 Å². The van der Waals surface area contributed by atoms with Gasteiger partial charge in [-0.25, -0.2) is 0 Å². The SMILES string of the molecule is N#Cc1ccc(NC(=O)c2cccc(C(=O)NCCN3CCOCC3)c2)cc1. The fourth-order valence-electron chi connectivity index (χ4n) is 2.89. The lowest BCUT2D eigenvalue weighted by molar-refractivity contribution is 0.0383. The Morgan fingerprint density at radius 2 is 1.71 bits per heavy atom. The Morgan fingerprint density at radius 3 is 2.39 bits per heavy atom. The molecule has 0 spiro atoms. The second-order valence-electron chi connectivity index (χ2n) is 6.43. The van der Waals surface area contributed by atoms with E-state index in [2.05, 4.69) is 15.5 Å². The molecule has 7 nitrogen and oxygen atoms in total. The Balaban J connectivity index is 1.55. The molecule has 0 aromatic heterocycles. The van der Waals surface area contributed by atoms with Crippen molar-refractivity contribution in [3.8, 4) is 6.07 Å². The van der Waals surface area contributed by atoms with E-state index in [1.54, 1.807) is 48.5 Å². The molecule has 2 aromatic carbocycles. The number of morpholine rings is 1. The van der Waals surface area contributed by atoms with Crippen LogP contribution in [-0.2, 0) is 4.74 Å². The maximum absolute atomic E-state index is 12.4. The van der Waals surface area contributed by atoms with Gasteiger partial charge in [0.25, 0.3) is 11.8 Å². The molecule has 1 heterocycles. The Kier molecular flexibility index (Phi) is 6.73. The molecule has 1 aliphatic heterocycles. The topological polar surface area (TPSA) is 94.5 Å². The van der Waals surface area contributed by atoms with Crippen LogP contribution in [0, 0.1) is 11.3 Å². The molecule has 0 radical (unpaired) electrons. The van der Waals surface area contributed by atoms with Gasteiger partial charge >= 0.3 is 0 Å². The third kappa shape index (κ3) is 5.39. The third-order valence-electron chi connectivity index (χ3n) is 4.48. The number of hydrogen-bond acceptors (Lipinski definition) is 5. The molecule has 0 atom stereocenters. The second-order valence-corrected chi connectivity index (χ2v) is 6.43. The van der Waals surface area contributed by atoms with E-state index in [-0.39, 0.29) is 11.8 Å². The monoisotopic (exact) mass is 378 g/mol. The molecule has 144 valence electrons. The smallest absolute Gasteiger partial charge is 0.255 e. The van der Waals surface area contributed by atoms with Gasteiger partial charge in [0, 0.05) is 43.0 Å². The van der Waals surface area contributed by atoms with Crippen LogP contribution < -0.4 is 10.6 Å². The van der Waals surface area contributed by atoms with Crippen LogP contribution in [0.15, 0.2) is 48.5 Å². The van der Waals surface area contributed by atoms with Crippen LogP contribution >= 0.6 is 0 Å². The largest absolute Gasteiger partial charge is 0.379 e. The van der Waals surface area contributed by atoms with Crippen LogP contribution in [0.3, 0.4) is 0 Å². The van der Waals surface area contributed by atoms with E-state index in [0.717, 1.165) is 32.8 Å². The van der Waals surface area contributed by atoms with Gasteiger partial charge in [-0.1, -0.05) is 6.07 Å². The molecule has 0 aliphatic carbocycles. The molecule has 7 heteroatoms. The molecule has 3 rings (SSSR count). The Hall–Kier alpha value is -3.21. The number of benzene rings is 2. The summed E-state index contributed by atoms with van der Waals surface area (Å²) in [7, 11) is 0. The van der Waals surface area contributed by atoms with Gasteiger partial charge in [0.05, 0.1) is 24.8 Å². The number of rotatable bonds is 6. The summed E-state index contributed by atoms with van der Waals surface area (Å²) in [6.45, 7) is 4.52. The minimum Gasteiger partial charge on any atom is -0.379 e. The van der Waals surface area contributed by atoms with Crippen LogP contribution in [0.2, 0.25) is 0 Å². The average Bonchev–Trinajstić information content (AvgIpc) is 2.75. The summed E-state index contributed by atoms with van der Waals surface area (Å²) in [5.74, 6) is -0.519. The van der Waals surface area contributed by atoms with Crippen molar-refractivity contribution in [1.82, 2.24) is 10.2 Å². The fraction of sp³-hybridized carbons (Fsp3) is 0.286. The number of nitrogens with zero attached hydrogens (tertiary/aromatic N) is 2. The summed E-state index contributed by atoms with van der Waals surface area (Å²) < 4.78 is 5.31. The molecular formula is C21H22N4O3. The zero-order valence-corrected chi connectivity index (χ0v) is 15.5. The Bertz CT molecular complexity index is 868. The molecule has 2 amide bonds.